The van der Waals surface area contributed by atoms with Crippen LogP contribution in [0.15, 0.2) is 30.3 Å². The molecule has 1 spiro atoms. The zero-order chi connectivity index (χ0) is 15.4. The monoisotopic (exact) mass is 305 g/mol. The molecule has 22 heavy (non-hydrogen) atoms. The third-order valence-electron chi connectivity index (χ3n) is 4.79. The fraction of sp³-hybridized carbons (Fsp3) is 0.667. The molecule has 1 aromatic carbocycles. The molecule has 2 aliphatic rings. The first-order valence-electron chi connectivity index (χ1n) is 8.30. The molecule has 0 radical (unpaired) electrons. The molecule has 3 unspecified atom stereocenters. The van der Waals surface area contributed by atoms with Crippen LogP contribution in [-0.2, 0) is 14.2 Å². The van der Waals surface area contributed by atoms with Gasteiger partial charge in [-0.1, -0.05) is 37.3 Å². The number of morpholine rings is 1. The lowest BCUT2D eigenvalue weighted by molar-refractivity contribution is -0.159. The summed E-state index contributed by atoms with van der Waals surface area (Å²) in [5.74, 6) is 0. The minimum absolute atomic E-state index is 0.103. The van der Waals surface area contributed by atoms with Crippen molar-refractivity contribution in [3.05, 3.63) is 35.9 Å². The lowest BCUT2D eigenvalue weighted by Crippen LogP contribution is -2.56. The van der Waals surface area contributed by atoms with Crippen LogP contribution in [0.5, 0.6) is 0 Å². The second-order valence-corrected chi connectivity index (χ2v) is 6.46. The minimum atomic E-state index is -0.103. The van der Waals surface area contributed by atoms with Gasteiger partial charge < -0.3 is 14.2 Å². The molecule has 122 valence electrons. The maximum atomic E-state index is 6.33. The smallest absolute Gasteiger partial charge is 0.107 e. The van der Waals surface area contributed by atoms with E-state index in [1.165, 1.54) is 5.56 Å². The molecule has 0 aliphatic carbocycles. The van der Waals surface area contributed by atoms with Gasteiger partial charge in [-0.2, -0.15) is 0 Å². The number of rotatable bonds is 5. The van der Waals surface area contributed by atoms with Crippen LogP contribution in [0.25, 0.3) is 0 Å². The maximum Gasteiger partial charge on any atom is 0.107 e. The van der Waals surface area contributed by atoms with Crippen LogP contribution in [0, 0.1) is 0 Å². The second kappa shape index (κ2) is 7.09. The van der Waals surface area contributed by atoms with Crippen molar-refractivity contribution in [3.63, 3.8) is 0 Å². The Balaban J connectivity index is 1.69. The van der Waals surface area contributed by atoms with E-state index in [0.29, 0.717) is 6.10 Å². The highest BCUT2D eigenvalue weighted by Crippen LogP contribution is 2.32. The molecule has 4 nitrogen and oxygen atoms in total. The van der Waals surface area contributed by atoms with Crippen LogP contribution in [-0.4, -0.2) is 56.6 Å². The molecule has 0 saturated carbocycles. The highest BCUT2D eigenvalue weighted by Gasteiger charge is 2.43. The first kappa shape index (κ1) is 15.9. The minimum Gasteiger partial charge on any atom is -0.378 e. The summed E-state index contributed by atoms with van der Waals surface area (Å²) < 4.78 is 17.7. The van der Waals surface area contributed by atoms with E-state index < -0.39 is 0 Å². The SMILES string of the molecule is CCC1CN(CC(OC)c2ccccc2)CC2(CCOC2)O1. The molecule has 0 amide bonds. The van der Waals surface area contributed by atoms with Gasteiger partial charge in [0.25, 0.3) is 0 Å². The van der Waals surface area contributed by atoms with Crippen molar-refractivity contribution in [1.29, 1.82) is 0 Å². The fourth-order valence-corrected chi connectivity index (χ4v) is 3.56. The lowest BCUT2D eigenvalue weighted by atomic mass is 9.97. The normalized spacial score (nSPS) is 30.7. The van der Waals surface area contributed by atoms with Crippen molar-refractivity contribution in [3.8, 4) is 0 Å². The zero-order valence-electron chi connectivity index (χ0n) is 13.7. The summed E-state index contributed by atoms with van der Waals surface area (Å²) in [6.45, 7) is 6.56. The second-order valence-electron chi connectivity index (χ2n) is 6.46. The molecule has 2 fully saturated rings. The van der Waals surface area contributed by atoms with E-state index in [4.69, 9.17) is 14.2 Å². The Bertz CT molecular complexity index is 459. The van der Waals surface area contributed by atoms with Crippen molar-refractivity contribution < 1.29 is 14.2 Å². The fourth-order valence-electron chi connectivity index (χ4n) is 3.56. The van der Waals surface area contributed by atoms with Crippen molar-refractivity contribution in [2.24, 2.45) is 0 Å². The van der Waals surface area contributed by atoms with Crippen molar-refractivity contribution in [2.45, 2.75) is 37.6 Å². The summed E-state index contributed by atoms with van der Waals surface area (Å²) in [6, 6.07) is 10.5. The average Bonchev–Trinajstić information content (AvgIpc) is 3.00. The van der Waals surface area contributed by atoms with Crippen molar-refractivity contribution in [2.75, 3.05) is 40.0 Å². The number of hydrogen-bond donors (Lipinski definition) is 0. The van der Waals surface area contributed by atoms with Gasteiger partial charge in [-0.15, -0.1) is 0 Å². The quantitative estimate of drug-likeness (QED) is 0.837. The molecule has 1 aromatic rings. The summed E-state index contributed by atoms with van der Waals surface area (Å²) in [4.78, 5) is 2.49. The third kappa shape index (κ3) is 3.51. The van der Waals surface area contributed by atoms with Gasteiger partial charge in [0, 0.05) is 39.8 Å². The Kier molecular flexibility index (Phi) is 5.14. The van der Waals surface area contributed by atoms with Crippen molar-refractivity contribution in [1.82, 2.24) is 4.90 Å². The maximum absolute atomic E-state index is 6.33. The summed E-state index contributed by atoms with van der Waals surface area (Å²) in [5.41, 5.74) is 1.13. The molecule has 3 atom stereocenters. The number of hydrogen-bond acceptors (Lipinski definition) is 4. The molecule has 2 heterocycles. The average molecular weight is 305 g/mol. The zero-order valence-corrected chi connectivity index (χ0v) is 13.7. The van der Waals surface area contributed by atoms with Gasteiger partial charge in [-0.05, 0) is 12.0 Å². The number of benzene rings is 1. The van der Waals surface area contributed by atoms with Gasteiger partial charge in [0.05, 0.1) is 18.8 Å². The van der Waals surface area contributed by atoms with Gasteiger partial charge in [-0.25, -0.2) is 0 Å². The molecule has 0 aromatic heterocycles. The summed E-state index contributed by atoms with van der Waals surface area (Å²) in [7, 11) is 1.80. The van der Waals surface area contributed by atoms with Gasteiger partial charge in [0.2, 0.25) is 0 Å². The molecule has 4 heteroatoms. The summed E-state index contributed by atoms with van der Waals surface area (Å²) >= 11 is 0. The van der Waals surface area contributed by atoms with Crippen LogP contribution < -0.4 is 0 Å². The Morgan fingerprint density at radius 2 is 2.18 bits per heavy atom. The van der Waals surface area contributed by atoms with E-state index in [2.05, 4.69) is 36.1 Å². The van der Waals surface area contributed by atoms with E-state index in [0.717, 1.165) is 45.7 Å². The van der Waals surface area contributed by atoms with E-state index >= 15 is 0 Å². The number of nitrogens with zero attached hydrogens (tertiary/aromatic N) is 1. The van der Waals surface area contributed by atoms with Gasteiger partial charge in [-0.3, -0.25) is 4.90 Å². The summed E-state index contributed by atoms with van der Waals surface area (Å²) in [5, 5.41) is 0. The van der Waals surface area contributed by atoms with Gasteiger partial charge in [0.15, 0.2) is 0 Å². The Hall–Kier alpha value is -0.940. The highest BCUT2D eigenvalue weighted by atomic mass is 16.6. The topological polar surface area (TPSA) is 30.9 Å². The Morgan fingerprint density at radius 1 is 1.36 bits per heavy atom. The molecule has 3 rings (SSSR count). The van der Waals surface area contributed by atoms with Crippen LogP contribution in [0.2, 0.25) is 0 Å². The standard InChI is InChI=1S/C18H27NO3/c1-3-16-11-19(13-18(22-16)9-10-21-14-18)12-17(20-2)15-7-5-4-6-8-15/h4-8,16-17H,3,9-14H2,1-2H3. The van der Waals surface area contributed by atoms with E-state index in [1.54, 1.807) is 7.11 Å². The van der Waals surface area contributed by atoms with E-state index in [1.807, 2.05) is 6.07 Å². The van der Waals surface area contributed by atoms with E-state index in [9.17, 15) is 0 Å². The molecular formula is C18H27NO3. The number of ether oxygens (including phenoxy) is 3. The molecular weight excluding hydrogens is 278 g/mol. The van der Waals surface area contributed by atoms with Crippen molar-refractivity contribution >= 4 is 0 Å². The van der Waals surface area contributed by atoms with Crippen LogP contribution in [0.3, 0.4) is 0 Å². The summed E-state index contributed by atoms with van der Waals surface area (Å²) in [6.07, 6.45) is 2.45. The van der Waals surface area contributed by atoms with Crippen LogP contribution in [0.4, 0.5) is 0 Å². The van der Waals surface area contributed by atoms with Gasteiger partial charge in [0.1, 0.15) is 5.60 Å². The van der Waals surface area contributed by atoms with Crippen LogP contribution in [0.1, 0.15) is 31.4 Å². The molecule has 0 N–H and O–H groups in total. The van der Waals surface area contributed by atoms with E-state index in [-0.39, 0.29) is 11.7 Å². The predicted octanol–water partition coefficient (Wildman–Crippen LogP) is 2.64. The lowest BCUT2D eigenvalue weighted by Gasteiger charge is -2.44. The first-order chi connectivity index (χ1) is 10.7. The first-order valence-corrected chi connectivity index (χ1v) is 8.30. The highest BCUT2D eigenvalue weighted by molar-refractivity contribution is 5.18. The third-order valence-corrected chi connectivity index (χ3v) is 4.79. The molecule has 0 bridgehead atoms. The predicted molar refractivity (Wildman–Crippen MR) is 86.0 cm³/mol. The Morgan fingerprint density at radius 3 is 2.82 bits per heavy atom. The van der Waals surface area contributed by atoms with Gasteiger partial charge >= 0.3 is 0 Å². The molecule has 2 aliphatic heterocycles. The largest absolute Gasteiger partial charge is 0.378 e. The molecule has 2 saturated heterocycles. The van der Waals surface area contributed by atoms with Crippen LogP contribution >= 0.6 is 0 Å². The Labute approximate surface area is 133 Å². The number of methoxy groups -OCH3 is 1.